The third kappa shape index (κ3) is 2.98. The molecule has 0 spiro atoms. The van der Waals surface area contributed by atoms with Gasteiger partial charge in [-0.05, 0) is 24.0 Å². The predicted octanol–water partition coefficient (Wildman–Crippen LogP) is 3.23. The molecule has 0 heterocycles. The van der Waals surface area contributed by atoms with E-state index in [2.05, 4.69) is 29.6 Å². The maximum Gasteiger partial charge on any atom is 0.308 e. The molecule has 2 aromatic carbocycles. The van der Waals surface area contributed by atoms with Crippen molar-refractivity contribution in [3.63, 3.8) is 0 Å². The summed E-state index contributed by atoms with van der Waals surface area (Å²) < 4.78 is 0. The Bertz CT molecular complexity index is 558. The molecule has 0 saturated heterocycles. The van der Waals surface area contributed by atoms with Crippen molar-refractivity contribution in [3.05, 3.63) is 71.8 Å². The van der Waals surface area contributed by atoms with E-state index in [9.17, 15) is 9.90 Å². The summed E-state index contributed by atoms with van der Waals surface area (Å²) in [7, 11) is 0. The number of hydrogen-bond acceptors (Lipinski definition) is 2. The molecule has 21 heavy (non-hydrogen) atoms. The van der Waals surface area contributed by atoms with E-state index in [-0.39, 0.29) is 18.0 Å². The van der Waals surface area contributed by atoms with Gasteiger partial charge in [0, 0.05) is 6.04 Å². The van der Waals surface area contributed by atoms with Gasteiger partial charge >= 0.3 is 5.97 Å². The van der Waals surface area contributed by atoms with Gasteiger partial charge in [-0.25, -0.2) is 0 Å². The van der Waals surface area contributed by atoms with Crippen molar-refractivity contribution in [2.24, 2.45) is 5.92 Å². The number of aliphatic carboxylic acids is 1. The van der Waals surface area contributed by atoms with E-state index in [1.165, 1.54) is 11.1 Å². The van der Waals surface area contributed by atoms with Gasteiger partial charge in [0.2, 0.25) is 0 Å². The number of carbonyl (C=O) groups is 1. The van der Waals surface area contributed by atoms with Crippen LogP contribution in [-0.4, -0.2) is 17.1 Å². The molecule has 1 aliphatic rings. The summed E-state index contributed by atoms with van der Waals surface area (Å²) in [5.41, 5.74) is 2.33. The lowest BCUT2D eigenvalue weighted by Gasteiger charge is -2.37. The SMILES string of the molecule is O=C(O)C1CCC1NC(c1ccccc1)c1ccccc1. The number of rotatable bonds is 5. The fourth-order valence-electron chi connectivity index (χ4n) is 2.89. The van der Waals surface area contributed by atoms with Crippen LogP contribution in [0.2, 0.25) is 0 Å². The van der Waals surface area contributed by atoms with E-state index < -0.39 is 5.97 Å². The highest BCUT2D eigenvalue weighted by Crippen LogP contribution is 2.32. The van der Waals surface area contributed by atoms with Crippen LogP contribution >= 0.6 is 0 Å². The van der Waals surface area contributed by atoms with E-state index in [1.54, 1.807) is 0 Å². The van der Waals surface area contributed by atoms with Crippen molar-refractivity contribution in [3.8, 4) is 0 Å². The lowest BCUT2D eigenvalue weighted by Crippen LogP contribution is -2.49. The summed E-state index contributed by atoms with van der Waals surface area (Å²) in [6, 6.07) is 20.5. The molecule has 1 saturated carbocycles. The van der Waals surface area contributed by atoms with Crippen molar-refractivity contribution in [2.45, 2.75) is 24.9 Å². The summed E-state index contributed by atoms with van der Waals surface area (Å²) in [5, 5.41) is 12.8. The fraction of sp³-hybridized carbons (Fsp3) is 0.278. The van der Waals surface area contributed by atoms with Gasteiger partial charge in [0.05, 0.1) is 12.0 Å². The minimum absolute atomic E-state index is 0.0412. The summed E-state index contributed by atoms with van der Waals surface area (Å²) >= 11 is 0. The first-order valence-corrected chi connectivity index (χ1v) is 7.34. The predicted molar refractivity (Wildman–Crippen MR) is 82.0 cm³/mol. The van der Waals surface area contributed by atoms with Gasteiger partial charge in [0.1, 0.15) is 0 Å². The van der Waals surface area contributed by atoms with Gasteiger partial charge < -0.3 is 10.4 Å². The molecule has 2 aromatic rings. The Morgan fingerprint density at radius 3 is 1.86 bits per heavy atom. The fourth-order valence-corrected chi connectivity index (χ4v) is 2.89. The van der Waals surface area contributed by atoms with Crippen LogP contribution in [-0.2, 0) is 4.79 Å². The molecular weight excluding hydrogens is 262 g/mol. The quantitative estimate of drug-likeness (QED) is 0.884. The van der Waals surface area contributed by atoms with Gasteiger partial charge in [-0.2, -0.15) is 0 Å². The Hall–Kier alpha value is -2.13. The number of carboxylic acids is 1. The molecule has 0 amide bonds. The maximum atomic E-state index is 11.2. The molecule has 0 aliphatic heterocycles. The number of hydrogen-bond donors (Lipinski definition) is 2. The molecule has 2 atom stereocenters. The number of carboxylic acid groups (broad SMARTS) is 1. The van der Waals surface area contributed by atoms with Crippen LogP contribution < -0.4 is 5.32 Å². The van der Waals surface area contributed by atoms with Crippen molar-refractivity contribution >= 4 is 5.97 Å². The third-order valence-electron chi connectivity index (χ3n) is 4.24. The largest absolute Gasteiger partial charge is 0.481 e. The first-order chi connectivity index (χ1) is 10.3. The van der Waals surface area contributed by atoms with Gasteiger partial charge in [0.25, 0.3) is 0 Å². The summed E-state index contributed by atoms with van der Waals surface area (Å²) in [4.78, 5) is 11.2. The Kier molecular flexibility index (Phi) is 4.02. The average Bonchev–Trinajstić information content (AvgIpc) is 2.48. The zero-order valence-electron chi connectivity index (χ0n) is 11.8. The standard InChI is InChI=1S/C18H19NO2/c20-18(21)15-11-12-16(15)19-17(13-7-3-1-4-8-13)14-9-5-2-6-10-14/h1-10,15-17,19H,11-12H2,(H,20,21). The van der Waals surface area contributed by atoms with Gasteiger partial charge in [-0.1, -0.05) is 60.7 Å². The molecule has 108 valence electrons. The second-order valence-electron chi connectivity index (χ2n) is 5.55. The summed E-state index contributed by atoms with van der Waals surface area (Å²) in [5.74, 6) is -0.960. The zero-order valence-corrected chi connectivity index (χ0v) is 11.8. The summed E-state index contributed by atoms with van der Waals surface area (Å²) in [6.45, 7) is 0. The van der Waals surface area contributed by atoms with Crippen molar-refractivity contribution in [1.29, 1.82) is 0 Å². The van der Waals surface area contributed by atoms with Crippen molar-refractivity contribution in [2.75, 3.05) is 0 Å². The van der Waals surface area contributed by atoms with E-state index in [0.29, 0.717) is 0 Å². The minimum Gasteiger partial charge on any atom is -0.481 e. The van der Waals surface area contributed by atoms with Crippen LogP contribution in [0.15, 0.2) is 60.7 Å². The van der Waals surface area contributed by atoms with Gasteiger partial charge in [-0.15, -0.1) is 0 Å². The van der Waals surface area contributed by atoms with Crippen LogP contribution in [0.4, 0.5) is 0 Å². The van der Waals surface area contributed by atoms with Crippen LogP contribution in [0.25, 0.3) is 0 Å². The molecule has 1 fully saturated rings. The molecule has 0 radical (unpaired) electrons. The molecule has 3 nitrogen and oxygen atoms in total. The highest BCUT2D eigenvalue weighted by Gasteiger charge is 2.37. The Morgan fingerprint density at radius 1 is 0.952 bits per heavy atom. The number of nitrogens with one attached hydrogen (secondary N) is 1. The lowest BCUT2D eigenvalue weighted by molar-refractivity contribution is -0.146. The van der Waals surface area contributed by atoms with E-state index >= 15 is 0 Å². The summed E-state index contributed by atoms with van der Waals surface area (Å²) in [6.07, 6.45) is 1.69. The van der Waals surface area contributed by atoms with E-state index in [0.717, 1.165) is 12.8 Å². The highest BCUT2D eigenvalue weighted by molar-refractivity contribution is 5.72. The molecule has 1 aliphatic carbocycles. The topological polar surface area (TPSA) is 49.3 Å². The zero-order chi connectivity index (χ0) is 14.7. The second kappa shape index (κ2) is 6.10. The number of benzene rings is 2. The van der Waals surface area contributed by atoms with Gasteiger partial charge in [-0.3, -0.25) is 4.79 Å². The molecule has 3 rings (SSSR count). The van der Waals surface area contributed by atoms with E-state index in [1.807, 2.05) is 36.4 Å². The highest BCUT2D eigenvalue weighted by atomic mass is 16.4. The van der Waals surface area contributed by atoms with Crippen molar-refractivity contribution < 1.29 is 9.90 Å². The molecule has 2 unspecified atom stereocenters. The van der Waals surface area contributed by atoms with Gasteiger partial charge in [0.15, 0.2) is 0 Å². The average molecular weight is 281 g/mol. The molecule has 0 bridgehead atoms. The molecule has 0 aromatic heterocycles. The molecule has 3 heteroatoms. The van der Waals surface area contributed by atoms with Crippen LogP contribution in [0.5, 0.6) is 0 Å². The minimum atomic E-state index is -0.696. The van der Waals surface area contributed by atoms with Crippen molar-refractivity contribution in [1.82, 2.24) is 5.32 Å². The first kappa shape index (κ1) is 13.8. The lowest BCUT2D eigenvalue weighted by atomic mass is 9.78. The third-order valence-corrected chi connectivity index (χ3v) is 4.24. The van der Waals surface area contributed by atoms with Crippen LogP contribution in [0.1, 0.15) is 30.0 Å². The normalized spacial score (nSPS) is 21.0. The maximum absolute atomic E-state index is 11.2. The van der Waals surface area contributed by atoms with E-state index in [4.69, 9.17) is 0 Å². The smallest absolute Gasteiger partial charge is 0.308 e. The second-order valence-corrected chi connectivity index (χ2v) is 5.55. The monoisotopic (exact) mass is 281 g/mol. The Morgan fingerprint density at radius 2 is 1.48 bits per heavy atom. The van der Waals surface area contributed by atoms with Crippen LogP contribution in [0, 0.1) is 5.92 Å². The molecular formula is C18H19NO2. The first-order valence-electron chi connectivity index (χ1n) is 7.34. The Labute approximate surface area is 124 Å². The molecule has 2 N–H and O–H groups in total. The Balaban J connectivity index is 1.85. The van der Waals surface area contributed by atoms with Crippen LogP contribution in [0.3, 0.4) is 0 Å².